The molecule has 2 nitrogen and oxygen atoms in total. The summed E-state index contributed by atoms with van der Waals surface area (Å²) in [6.45, 7) is 0.327. The first-order chi connectivity index (χ1) is 8.95. The monoisotopic (exact) mass is 266 g/mol. The average molecular weight is 266 g/mol. The smallest absolute Gasteiger partial charge is 0.399 e. The summed E-state index contributed by atoms with van der Waals surface area (Å²) >= 11 is 0. The van der Waals surface area contributed by atoms with Crippen LogP contribution in [0.2, 0.25) is 0 Å². The number of hydrogen-bond donors (Lipinski definition) is 2. The van der Waals surface area contributed by atoms with Crippen molar-refractivity contribution in [3.8, 4) is 0 Å². The van der Waals surface area contributed by atoms with Crippen molar-refractivity contribution in [1.82, 2.24) is 0 Å². The molecule has 0 bridgehead atoms. The largest absolute Gasteiger partial charge is 0.416 e. The van der Waals surface area contributed by atoms with Crippen LogP contribution >= 0.6 is 0 Å². The number of rotatable bonds is 3. The highest BCUT2D eigenvalue weighted by molar-refractivity contribution is 5.51. The molecule has 0 unspecified atom stereocenters. The molecule has 5 heteroatoms. The second kappa shape index (κ2) is 5.22. The van der Waals surface area contributed by atoms with Gasteiger partial charge in [-0.2, -0.15) is 13.2 Å². The number of halogens is 3. The zero-order valence-electron chi connectivity index (χ0n) is 10.0. The Morgan fingerprint density at radius 3 is 2.32 bits per heavy atom. The van der Waals surface area contributed by atoms with Gasteiger partial charge in [0.25, 0.3) is 0 Å². The highest BCUT2D eigenvalue weighted by Crippen LogP contribution is 2.29. The molecule has 3 N–H and O–H groups in total. The molecule has 0 heterocycles. The van der Waals surface area contributed by atoms with Gasteiger partial charge < -0.3 is 11.1 Å². The van der Waals surface area contributed by atoms with Crippen molar-refractivity contribution in [3.05, 3.63) is 59.7 Å². The van der Waals surface area contributed by atoms with Crippen LogP contribution in [0.15, 0.2) is 48.5 Å². The van der Waals surface area contributed by atoms with Crippen LogP contribution in [0.25, 0.3) is 0 Å². The number of anilines is 2. The van der Waals surface area contributed by atoms with E-state index in [1.165, 1.54) is 6.07 Å². The van der Waals surface area contributed by atoms with Gasteiger partial charge in [-0.3, -0.25) is 0 Å². The molecule has 2 rings (SSSR count). The summed E-state index contributed by atoms with van der Waals surface area (Å²) in [7, 11) is 0. The molecule has 2 aromatic carbocycles. The summed E-state index contributed by atoms with van der Waals surface area (Å²) in [6, 6.07) is 12.3. The first kappa shape index (κ1) is 13.3. The molecule has 0 saturated heterocycles. The van der Waals surface area contributed by atoms with Crippen molar-refractivity contribution in [2.24, 2.45) is 0 Å². The summed E-state index contributed by atoms with van der Waals surface area (Å²) in [5.41, 5.74) is 6.94. The van der Waals surface area contributed by atoms with E-state index in [0.717, 1.165) is 17.8 Å². The van der Waals surface area contributed by atoms with Gasteiger partial charge in [-0.25, -0.2) is 0 Å². The molecular weight excluding hydrogens is 253 g/mol. The maximum Gasteiger partial charge on any atom is 0.416 e. The van der Waals surface area contributed by atoms with Crippen LogP contribution in [0, 0.1) is 0 Å². The Balaban J connectivity index is 2.05. The van der Waals surface area contributed by atoms with Gasteiger partial charge in [-0.05, 0) is 42.0 Å². The van der Waals surface area contributed by atoms with Crippen LogP contribution in [0.5, 0.6) is 0 Å². The Bertz CT molecular complexity index is 547. The topological polar surface area (TPSA) is 38.0 Å². The van der Waals surface area contributed by atoms with Crippen LogP contribution in [-0.4, -0.2) is 0 Å². The van der Waals surface area contributed by atoms with Crippen LogP contribution in [0.1, 0.15) is 11.1 Å². The summed E-state index contributed by atoms with van der Waals surface area (Å²) in [5.74, 6) is 0. The quantitative estimate of drug-likeness (QED) is 0.827. The first-order valence-corrected chi connectivity index (χ1v) is 5.71. The SMILES string of the molecule is Nc1ccc(NCc2cccc(C(F)(F)F)c2)cc1. The molecule has 100 valence electrons. The third-order valence-corrected chi connectivity index (χ3v) is 2.66. The molecule has 0 spiro atoms. The maximum absolute atomic E-state index is 12.5. The lowest BCUT2D eigenvalue weighted by Crippen LogP contribution is -2.06. The van der Waals surface area contributed by atoms with E-state index in [9.17, 15) is 13.2 Å². The van der Waals surface area contributed by atoms with E-state index in [1.807, 2.05) is 0 Å². The Kier molecular flexibility index (Phi) is 3.64. The van der Waals surface area contributed by atoms with Gasteiger partial charge >= 0.3 is 6.18 Å². The lowest BCUT2D eigenvalue weighted by atomic mass is 10.1. The molecule has 0 aliphatic rings. The molecule has 0 fully saturated rings. The Labute approximate surface area is 109 Å². The lowest BCUT2D eigenvalue weighted by Gasteiger charge is -2.10. The van der Waals surface area contributed by atoms with Crippen molar-refractivity contribution in [1.29, 1.82) is 0 Å². The van der Waals surface area contributed by atoms with E-state index in [0.29, 0.717) is 17.8 Å². The van der Waals surface area contributed by atoms with Crippen molar-refractivity contribution in [2.75, 3.05) is 11.1 Å². The van der Waals surface area contributed by atoms with Gasteiger partial charge in [0.2, 0.25) is 0 Å². The predicted octanol–water partition coefficient (Wildman–Crippen LogP) is 3.90. The minimum atomic E-state index is -4.31. The summed E-state index contributed by atoms with van der Waals surface area (Å²) < 4.78 is 37.6. The highest BCUT2D eigenvalue weighted by Gasteiger charge is 2.30. The second-order valence-electron chi connectivity index (χ2n) is 4.17. The number of hydrogen-bond acceptors (Lipinski definition) is 2. The number of benzene rings is 2. The molecule has 19 heavy (non-hydrogen) atoms. The number of nitrogen functional groups attached to an aromatic ring is 1. The normalized spacial score (nSPS) is 11.3. The molecular formula is C14H13F3N2. The summed E-state index contributed by atoms with van der Waals surface area (Å²) in [5, 5.41) is 3.04. The zero-order valence-corrected chi connectivity index (χ0v) is 10.0. The fourth-order valence-corrected chi connectivity index (χ4v) is 1.66. The third-order valence-electron chi connectivity index (χ3n) is 2.66. The minimum absolute atomic E-state index is 0.327. The number of nitrogens with one attached hydrogen (secondary N) is 1. The fourth-order valence-electron chi connectivity index (χ4n) is 1.66. The maximum atomic E-state index is 12.5. The number of nitrogens with two attached hydrogens (primary N) is 1. The van der Waals surface area contributed by atoms with Crippen molar-refractivity contribution >= 4 is 11.4 Å². The molecule has 0 aromatic heterocycles. The van der Waals surface area contributed by atoms with Crippen molar-refractivity contribution < 1.29 is 13.2 Å². The van der Waals surface area contributed by atoms with Gasteiger partial charge in [0.05, 0.1) is 5.56 Å². The molecule has 0 atom stereocenters. The highest BCUT2D eigenvalue weighted by atomic mass is 19.4. The molecule has 0 saturated carbocycles. The molecule has 0 aliphatic carbocycles. The predicted molar refractivity (Wildman–Crippen MR) is 69.6 cm³/mol. The van der Waals surface area contributed by atoms with E-state index >= 15 is 0 Å². The van der Waals surface area contributed by atoms with Crippen molar-refractivity contribution in [2.45, 2.75) is 12.7 Å². The zero-order chi connectivity index (χ0) is 13.9. The van der Waals surface area contributed by atoms with Crippen LogP contribution in [-0.2, 0) is 12.7 Å². The van der Waals surface area contributed by atoms with E-state index < -0.39 is 11.7 Å². The third kappa shape index (κ3) is 3.64. The van der Waals surface area contributed by atoms with E-state index in [2.05, 4.69) is 5.32 Å². The van der Waals surface area contributed by atoms with E-state index in [-0.39, 0.29) is 0 Å². The van der Waals surface area contributed by atoms with Gasteiger partial charge in [-0.1, -0.05) is 12.1 Å². The summed E-state index contributed by atoms with van der Waals surface area (Å²) in [4.78, 5) is 0. The average Bonchev–Trinajstić information content (AvgIpc) is 2.37. The molecule has 0 aliphatic heterocycles. The van der Waals surface area contributed by atoms with Crippen LogP contribution in [0.4, 0.5) is 24.5 Å². The molecule has 2 aromatic rings. The van der Waals surface area contributed by atoms with Crippen LogP contribution < -0.4 is 11.1 Å². The van der Waals surface area contributed by atoms with Crippen LogP contribution in [0.3, 0.4) is 0 Å². The Morgan fingerprint density at radius 1 is 1.00 bits per heavy atom. The van der Waals surface area contributed by atoms with Gasteiger partial charge in [-0.15, -0.1) is 0 Å². The minimum Gasteiger partial charge on any atom is -0.399 e. The van der Waals surface area contributed by atoms with E-state index in [1.54, 1.807) is 30.3 Å². The van der Waals surface area contributed by atoms with E-state index in [4.69, 9.17) is 5.73 Å². The van der Waals surface area contributed by atoms with Gasteiger partial charge in [0.1, 0.15) is 0 Å². The fraction of sp³-hybridized carbons (Fsp3) is 0.143. The summed E-state index contributed by atoms with van der Waals surface area (Å²) in [6.07, 6.45) is -4.31. The first-order valence-electron chi connectivity index (χ1n) is 5.71. The van der Waals surface area contributed by atoms with Crippen molar-refractivity contribution in [3.63, 3.8) is 0 Å². The Hall–Kier alpha value is -2.17. The lowest BCUT2D eigenvalue weighted by molar-refractivity contribution is -0.137. The number of alkyl halides is 3. The molecule has 0 amide bonds. The molecule has 0 radical (unpaired) electrons. The van der Waals surface area contributed by atoms with Gasteiger partial charge in [0, 0.05) is 17.9 Å². The Morgan fingerprint density at radius 2 is 1.68 bits per heavy atom. The second-order valence-corrected chi connectivity index (χ2v) is 4.17. The van der Waals surface area contributed by atoms with Gasteiger partial charge in [0.15, 0.2) is 0 Å². The standard InChI is InChI=1S/C14H13F3N2/c15-14(16,17)11-3-1-2-10(8-11)9-19-13-6-4-12(18)5-7-13/h1-8,19H,9,18H2.